The van der Waals surface area contributed by atoms with Crippen molar-refractivity contribution in [2.45, 2.75) is 0 Å². The summed E-state index contributed by atoms with van der Waals surface area (Å²) in [6, 6.07) is 87.4. The molecule has 0 aliphatic carbocycles. The first-order valence-electron chi connectivity index (χ1n) is 23.9. The molecule has 0 spiro atoms. The number of furan rings is 2. The zero-order valence-corrected chi connectivity index (χ0v) is 37.8. The Morgan fingerprint density at radius 2 is 0.571 bits per heavy atom. The van der Waals surface area contributed by atoms with Crippen LogP contribution in [0.4, 0.5) is 34.1 Å². The van der Waals surface area contributed by atoms with Crippen LogP contribution in [0.5, 0.6) is 0 Å². The SMILES string of the molecule is c1ccc(N(c2ccc3ccc4ccccc4c3c2)c2cc3oc4c(ccc5c4oc4cc(N(c6ccccc6)c6ccc7ccc8ccccc8c7c6)c6ccccc6c45)c3c3ccccc23)cc1. The van der Waals surface area contributed by atoms with Gasteiger partial charge >= 0.3 is 0 Å². The van der Waals surface area contributed by atoms with Crippen molar-refractivity contribution in [2.24, 2.45) is 0 Å². The van der Waals surface area contributed by atoms with Crippen molar-refractivity contribution in [1.82, 2.24) is 0 Å². The van der Waals surface area contributed by atoms with Crippen molar-refractivity contribution in [3.63, 3.8) is 0 Å². The lowest BCUT2D eigenvalue weighted by molar-refractivity contribution is 0.633. The first-order valence-corrected chi connectivity index (χ1v) is 23.9. The summed E-state index contributed by atoms with van der Waals surface area (Å²) in [5, 5.41) is 18.4. The summed E-state index contributed by atoms with van der Waals surface area (Å²) in [5.41, 5.74) is 9.40. The largest absolute Gasteiger partial charge is 0.452 e. The fourth-order valence-corrected chi connectivity index (χ4v) is 11.4. The lowest BCUT2D eigenvalue weighted by Crippen LogP contribution is -2.10. The van der Waals surface area contributed by atoms with Crippen LogP contribution in [0.15, 0.2) is 251 Å². The molecule has 0 N–H and O–H groups in total. The van der Waals surface area contributed by atoms with E-state index in [1.54, 1.807) is 0 Å². The zero-order valence-electron chi connectivity index (χ0n) is 37.8. The second-order valence-corrected chi connectivity index (χ2v) is 18.4. The van der Waals surface area contributed by atoms with E-state index in [0.29, 0.717) is 0 Å². The molecule has 0 fully saturated rings. The third-order valence-corrected chi connectivity index (χ3v) is 14.5. The minimum Gasteiger partial charge on any atom is -0.452 e. The van der Waals surface area contributed by atoms with E-state index in [2.05, 4.69) is 252 Å². The molecule has 4 heteroatoms. The van der Waals surface area contributed by atoms with Crippen LogP contribution in [-0.4, -0.2) is 0 Å². The fourth-order valence-electron chi connectivity index (χ4n) is 11.4. The molecule has 2 aromatic heterocycles. The van der Waals surface area contributed by atoms with Crippen LogP contribution in [0.2, 0.25) is 0 Å². The lowest BCUT2D eigenvalue weighted by atomic mass is 9.98. The quantitative estimate of drug-likeness (QED) is 0.156. The van der Waals surface area contributed by atoms with Crippen molar-refractivity contribution >= 4 is 143 Å². The monoisotopic (exact) mass is 892 g/mol. The van der Waals surface area contributed by atoms with Crippen LogP contribution in [-0.2, 0) is 0 Å². The summed E-state index contributed by atoms with van der Waals surface area (Å²) >= 11 is 0. The summed E-state index contributed by atoms with van der Waals surface area (Å²) in [6.45, 7) is 0. The summed E-state index contributed by atoms with van der Waals surface area (Å²) in [6.07, 6.45) is 0. The maximum absolute atomic E-state index is 7.17. The molecule has 0 radical (unpaired) electrons. The number of rotatable bonds is 6. The Balaban J connectivity index is 0.963. The van der Waals surface area contributed by atoms with Crippen LogP contribution < -0.4 is 9.80 Å². The molecule has 0 saturated heterocycles. The molecule has 0 aliphatic rings. The predicted molar refractivity (Wildman–Crippen MR) is 295 cm³/mol. The van der Waals surface area contributed by atoms with Gasteiger partial charge in [0.2, 0.25) is 0 Å². The Hall–Kier alpha value is -9.38. The van der Waals surface area contributed by atoms with Crippen molar-refractivity contribution in [2.75, 3.05) is 9.80 Å². The summed E-state index contributed by atoms with van der Waals surface area (Å²) in [5.74, 6) is 0. The van der Waals surface area contributed by atoms with E-state index in [9.17, 15) is 0 Å². The first-order chi connectivity index (χ1) is 34.7. The summed E-state index contributed by atoms with van der Waals surface area (Å²) in [4.78, 5) is 4.74. The molecule has 4 nitrogen and oxygen atoms in total. The van der Waals surface area contributed by atoms with E-state index in [0.717, 1.165) is 99.5 Å². The minimum absolute atomic E-state index is 0.737. The van der Waals surface area contributed by atoms with Gasteiger partial charge in [0, 0.05) is 67.2 Å². The summed E-state index contributed by atoms with van der Waals surface area (Å²) < 4.78 is 14.3. The minimum atomic E-state index is 0.737. The Bertz CT molecular complexity index is 4310. The third-order valence-electron chi connectivity index (χ3n) is 14.5. The van der Waals surface area contributed by atoms with Crippen LogP contribution >= 0.6 is 0 Å². The van der Waals surface area contributed by atoms with E-state index in [1.165, 1.54) is 43.1 Å². The summed E-state index contributed by atoms with van der Waals surface area (Å²) in [7, 11) is 0. The normalized spacial score (nSPS) is 12.0. The van der Waals surface area contributed by atoms with Crippen molar-refractivity contribution in [3.8, 4) is 0 Å². The van der Waals surface area contributed by atoms with E-state index in [-0.39, 0.29) is 0 Å². The van der Waals surface area contributed by atoms with Crippen molar-refractivity contribution in [3.05, 3.63) is 243 Å². The van der Waals surface area contributed by atoms with Gasteiger partial charge in [-0.3, -0.25) is 0 Å². The lowest BCUT2D eigenvalue weighted by Gasteiger charge is -2.27. The molecule has 70 heavy (non-hydrogen) atoms. The molecule has 0 unspecified atom stereocenters. The molecule has 2 heterocycles. The maximum atomic E-state index is 7.17. The van der Waals surface area contributed by atoms with Gasteiger partial charge < -0.3 is 18.6 Å². The molecular formula is C66H40N2O2. The van der Waals surface area contributed by atoms with Gasteiger partial charge in [-0.1, -0.05) is 170 Å². The van der Waals surface area contributed by atoms with Crippen LogP contribution in [0.25, 0.3) is 109 Å². The highest BCUT2D eigenvalue weighted by molar-refractivity contribution is 6.30. The number of anilines is 6. The predicted octanol–water partition coefficient (Wildman–Crippen LogP) is 19.3. The molecule has 0 atom stereocenters. The maximum Gasteiger partial charge on any atom is 0.178 e. The molecule has 0 bridgehead atoms. The standard InChI is InChI=1S/C66H40N2O2/c1-3-17-45(18-4-1)67(47-33-31-43-29-27-41-15-7-9-21-49(41)57(43)37-47)59-39-61-63(53-25-13-11-23-51(53)59)55-35-36-56-64-54-26-14-12-24-52(54)60(40-62(64)70-66(56)65(55)69-61)68(46-19-5-2-6-20-46)48-34-32-44-30-28-42-16-8-10-22-50(42)58(44)38-48/h1-40H. The molecule has 15 aromatic rings. The first kappa shape index (κ1) is 38.7. The molecular weight excluding hydrogens is 853 g/mol. The van der Waals surface area contributed by atoms with Crippen LogP contribution in [0.1, 0.15) is 0 Å². The Morgan fingerprint density at radius 3 is 1.00 bits per heavy atom. The Labute approximate surface area is 402 Å². The average Bonchev–Trinajstić information content (AvgIpc) is 4.01. The molecule has 15 rings (SSSR count). The van der Waals surface area contributed by atoms with Crippen molar-refractivity contribution < 1.29 is 8.83 Å². The number of hydrogen-bond donors (Lipinski definition) is 0. The van der Waals surface area contributed by atoms with Gasteiger partial charge in [-0.05, 0) is 115 Å². The van der Waals surface area contributed by atoms with Gasteiger partial charge in [-0.2, -0.15) is 0 Å². The van der Waals surface area contributed by atoms with E-state index in [1.807, 2.05) is 0 Å². The van der Waals surface area contributed by atoms with E-state index >= 15 is 0 Å². The fraction of sp³-hybridized carbons (Fsp3) is 0. The van der Waals surface area contributed by atoms with Gasteiger partial charge in [-0.25, -0.2) is 0 Å². The van der Waals surface area contributed by atoms with Gasteiger partial charge in [0.15, 0.2) is 11.2 Å². The Kier molecular flexibility index (Phi) is 8.33. The van der Waals surface area contributed by atoms with Gasteiger partial charge in [-0.15, -0.1) is 0 Å². The van der Waals surface area contributed by atoms with Crippen molar-refractivity contribution in [1.29, 1.82) is 0 Å². The van der Waals surface area contributed by atoms with E-state index in [4.69, 9.17) is 8.83 Å². The zero-order chi connectivity index (χ0) is 45.9. The average molecular weight is 893 g/mol. The number of hydrogen-bond acceptors (Lipinski definition) is 4. The number of para-hydroxylation sites is 2. The highest BCUT2D eigenvalue weighted by Crippen LogP contribution is 2.50. The smallest absolute Gasteiger partial charge is 0.178 e. The number of benzene rings is 13. The van der Waals surface area contributed by atoms with E-state index < -0.39 is 0 Å². The van der Waals surface area contributed by atoms with Crippen LogP contribution in [0.3, 0.4) is 0 Å². The van der Waals surface area contributed by atoms with Gasteiger partial charge in [0.05, 0.1) is 11.4 Å². The molecule has 13 aromatic carbocycles. The number of fused-ring (bicyclic) bond motifs is 17. The molecule has 326 valence electrons. The second kappa shape index (κ2) is 15.1. The third kappa shape index (κ3) is 5.77. The molecule has 0 amide bonds. The molecule has 0 aliphatic heterocycles. The van der Waals surface area contributed by atoms with Crippen LogP contribution in [0, 0.1) is 0 Å². The van der Waals surface area contributed by atoms with Gasteiger partial charge in [0.1, 0.15) is 11.2 Å². The number of nitrogens with zero attached hydrogens (tertiary/aromatic N) is 2. The topological polar surface area (TPSA) is 32.8 Å². The highest BCUT2D eigenvalue weighted by atomic mass is 16.4. The molecule has 0 saturated carbocycles. The second-order valence-electron chi connectivity index (χ2n) is 18.4. The Morgan fingerprint density at radius 1 is 0.229 bits per heavy atom. The highest BCUT2D eigenvalue weighted by Gasteiger charge is 2.25. The van der Waals surface area contributed by atoms with Gasteiger partial charge in [0.25, 0.3) is 0 Å².